The van der Waals surface area contributed by atoms with E-state index in [-0.39, 0.29) is 29.7 Å². The van der Waals surface area contributed by atoms with Crippen molar-refractivity contribution in [3.8, 4) is 28.7 Å². The zero-order valence-corrected chi connectivity index (χ0v) is 23.0. The number of rotatable bonds is 6. The molecule has 0 radical (unpaired) electrons. The van der Waals surface area contributed by atoms with Gasteiger partial charge in [0.15, 0.2) is 17.3 Å². The average Bonchev–Trinajstić information content (AvgIpc) is 3.48. The Bertz CT molecular complexity index is 1610. The minimum Gasteiger partial charge on any atom is -0.507 e. The van der Waals surface area contributed by atoms with Crippen LogP contribution in [0.5, 0.6) is 28.7 Å². The van der Waals surface area contributed by atoms with Crippen molar-refractivity contribution >= 4 is 23.1 Å². The molecule has 3 aromatic rings. The van der Waals surface area contributed by atoms with Crippen molar-refractivity contribution in [1.82, 2.24) is 0 Å². The number of amidine groups is 1. The van der Waals surface area contributed by atoms with E-state index in [2.05, 4.69) is 0 Å². The smallest absolute Gasteiger partial charge is 0.231 e. The quantitative estimate of drug-likeness (QED) is 0.357. The van der Waals surface area contributed by atoms with Crippen molar-refractivity contribution in [2.45, 2.75) is 25.2 Å². The lowest BCUT2D eigenvalue weighted by atomic mass is 9.73. The van der Waals surface area contributed by atoms with Crippen LogP contribution in [0.15, 0.2) is 77.5 Å². The van der Waals surface area contributed by atoms with Gasteiger partial charge in [-0.15, -0.1) is 0 Å². The van der Waals surface area contributed by atoms with E-state index in [4.69, 9.17) is 23.7 Å². The van der Waals surface area contributed by atoms with Gasteiger partial charge < -0.3 is 28.8 Å². The fourth-order valence-corrected chi connectivity index (χ4v) is 5.76. The zero-order chi connectivity index (χ0) is 28.7. The standard InChI is InChI=1S/C32H30N2O7/c1-37-20-10-7-18(8-11-20)31(36)30-28(19-9-13-26-27(15-19)41-17-40-26)29-22(5-4-6-24(29)35)34(32(30)33)23-16-21(38-2)12-14-25(23)39-3/h7-16,28,33,36H,4-6,17H2,1-3H3. The second kappa shape index (κ2) is 10.6. The number of carbonyl (C=O) groups excluding carboxylic acids is 1. The molecule has 0 amide bonds. The molecule has 210 valence electrons. The van der Waals surface area contributed by atoms with Gasteiger partial charge in [-0.1, -0.05) is 6.07 Å². The van der Waals surface area contributed by atoms with Crippen molar-refractivity contribution in [3.05, 3.63) is 88.6 Å². The van der Waals surface area contributed by atoms with Gasteiger partial charge in [-0.05, 0) is 66.9 Å². The Hall–Kier alpha value is -4.92. The number of hydrogen-bond donors (Lipinski definition) is 2. The number of anilines is 1. The summed E-state index contributed by atoms with van der Waals surface area (Å²) in [4.78, 5) is 15.5. The summed E-state index contributed by atoms with van der Waals surface area (Å²) in [5.41, 5.74) is 3.27. The van der Waals surface area contributed by atoms with Gasteiger partial charge in [0.1, 0.15) is 28.8 Å². The first-order valence-electron chi connectivity index (χ1n) is 13.3. The summed E-state index contributed by atoms with van der Waals surface area (Å²) in [6.07, 6.45) is 1.58. The van der Waals surface area contributed by atoms with Gasteiger partial charge in [0.2, 0.25) is 6.79 Å². The average molecular weight is 555 g/mol. The SMILES string of the molecule is COc1ccc(C(O)=C2C(=N)N(c3cc(OC)ccc3OC)C3=C(C(=O)CCC3)C2c2ccc3c(c2)OCO3)cc1. The highest BCUT2D eigenvalue weighted by molar-refractivity contribution is 6.20. The van der Waals surface area contributed by atoms with Crippen LogP contribution >= 0.6 is 0 Å². The van der Waals surface area contributed by atoms with Crippen LogP contribution < -0.4 is 28.6 Å². The van der Waals surface area contributed by atoms with Gasteiger partial charge in [-0.25, -0.2) is 0 Å². The van der Waals surface area contributed by atoms with E-state index in [9.17, 15) is 15.3 Å². The summed E-state index contributed by atoms with van der Waals surface area (Å²) in [7, 11) is 4.70. The number of aliphatic hydroxyl groups is 1. The van der Waals surface area contributed by atoms with Crippen LogP contribution in [0.2, 0.25) is 0 Å². The molecule has 0 spiro atoms. The third-order valence-electron chi connectivity index (χ3n) is 7.73. The van der Waals surface area contributed by atoms with Crippen molar-refractivity contribution in [2.75, 3.05) is 33.0 Å². The Labute approximate surface area is 237 Å². The van der Waals surface area contributed by atoms with E-state index in [1.807, 2.05) is 12.1 Å². The van der Waals surface area contributed by atoms with Crippen LogP contribution in [0.25, 0.3) is 5.76 Å². The molecule has 6 rings (SSSR count). The molecule has 41 heavy (non-hydrogen) atoms. The molecular weight excluding hydrogens is 524 g/mol. The Morgan fingerprint density at radius 3 is 2.37 bits per heavy atom. The Kier molecular flexibility index (Phi) is 6.78. The number of methoxy groups -OCH3 is 3. The third kappa shape index (κ3) is 4.43. The first kappa shape index (κ1) is 26.3. The minimum atomic E-state index is -0.713. The Morgan fingerprint density at radius 2 is 1.63 bits per heavy atom. The summed E-state index contributed by atoms with van der Waals surface area (Å²) >= 11 is 0. The van der Waals surface area contributed by atoms with Gasteiger partial charge >= 0.3 is 0 Å². The van der Waals surface area contributed by atoms with Crippen molar-refractivity contribution < 1.29 is 33.6 Å². The van der Waals surface area contributed by atoms with Crippen LogP contribution in [0.4, 0.5) is 5.69 Å². The molecule has 0 saturated carbocycles. The van der Waals surface area contributed by atoms with E-state index in [0.717, 1.165) is 0 Å². The number of benzene rings is 3. The third-order valence-corrected chi connectivity index (χ3v) is 7.73. The van der Waals surface area contributed by atoms with Crippen LogP contribution in [-0.2, 0) is 4.79 Å². The second-order valence-electron chi connectivity index (χ2n) is 9.90. The van der Waals surface area contributed by atoms with Gasteiger partial charge in [-0.3, -0.25) is 15.1 Å². The predicted octanol–water partition coefficient (Wildman–Crippen LogP) is 6.00. The number of nitrogens with zero attached hydrogens (tertiary/aromatic N) is 1. The summed E-state index contributed by atoms with van der Waals surface area (Å²) in [6.45, 7) is 0.107. The monoisotopic (exact) mass is 554 g/mol. The van der Waals surface area contributed by atoms with Crippen molar-refractivity contribution in [1.29, 1.82) is 5.41 Å². The molecule has 3 aromatic carbocycles. The van der Waals surface area contributed by atoms with Crippen LogP contribution in [0.1, 0.15) is 36.3 Å². The summed E-state index contributed by atoms with van der Waals surface area (Å²) < 4.78 is 27.7. The minimum absolute atomic E-state index is 0.0287. The first-order chi connectivity index (χ1) is 19.9. The molecular formula is C32H30N2O7. The normalized spacial score (nSPS) is 19.2. The highest BCUT2D eigenvalue weighted by Crippen LogP contribution is 2.51. The summed E-state index contributed by atoms with van der Waals surface area (Å²) in [6, 6.07) is 17.8. The van der Waals surface area contributed by atoms with E-state index in [0.29, 0.717) is 76.1 Å². The lowest BCUT2D eigenvalue weighted by molar-refractivity contribution is -0.116. The molecule has 9 nitrogen and oxygen atoms in total. The zero-order valence-electron chi connectivity index (χ0n) is 23.0. The van der Waals surface area contributed by atoms with Gasteiger partial charge in [0.25, 0.3) is 0 Å². The lowest BCUT2D eigenvalue weighted by Gasteiger charge is -2.42. The van der Waals surface area contributed by atoms with Crippen LogP contribution in [0.3, 0.4) is 0 Å². The number of nitrogens with one attached hydrogen (secondary N) is 1. The number of Topliss-reactive ketones (excluding diaryl/α,β-unsaturated/α-hetero) is 1. The number of ketones is 1. The summed E-state index contributed by atoms with van der Waals surface area (Å²) in [5.74, 6) is 2.04. The molecule has 0 saturated heterocycles. The maximum absolute atomic E-state index is 13.8. The molecule has 2 aliphatic heterocycles. The fraction of sp³-hybridized carbons (Fsp3) is 0.250. The van der Waals surface area contributed by atoms with E-state index < -0.39 is 5.92 Å². The molecule has 1 unspecified atom stereocenters. The second-order valence-corrected chi connectivity index (χ2v) is 9.90. The van der Waals surface area contributed by atoms with Crippen molar-refractivity contribution in [2.24, 2.45) is 0 Å². The molecule has 0 aromatic heterocycles. The molecule has 3 aliphatic rings. The lowest BCUT2D eigenvalue weighted by Crippen LogP contribution is -2.42. The fourth-order valence-electron chi connectivity index (χ4n) is 5.76. The number of allylic oxidation sites excluding steroid dienone is 2. The highest BCUT2D eigenvalue weighted by atomic mass is 16.7. The Balaban J connectivity index is 1.65. The molecule has 1 atom stereocenters. The Morgan fingerprint density at radius 1 is 0.902 bits per heavy atom. The summed E-state index contributed by atoms with van der Waals surface area (Å²) in [5, 5.41) is 21.5. The number of hydrogen-bond acceptors (Lipinski definition) is 8. The topological polar surface area (TPSA) is 111 Å². The molecule has 2 N–H and O–H groups in total. The molecule has 2 heterocycles. The molecule has 0 bridgehead atoms. The van der Waals surface area contributed by atoms with Crippen LogP contribution in [0, 0.1) is 5.41 Å². The van der Waals surface area contributed by atoms with Gasteiger partial charge in [-0.2, -0.15) is 0 Å². The molecule has 0 fully saturated rings. The number of aliphatic hydroxyl groups excluding tert-OH is 1. The largest absolute Gasteiger partial charge is 0.507 e. The van der Waals surface area contributed by atoms with E-state index in [1.165, 1.54) is 0 Å². The molecule has 9 heteroatoms. The van der Waals surface area contributed by atoms with Crippen molar-refractivity contribution in [3.63, 3.8) is 0 Å². The maximum atomic E-state index is 13.8. The van der Waals surface area contributed by atoms with Gasteiger partial charge in [0.05, 0.1) is 27.0 Å². The highest BCUT2D eigenvalue weighted by Gasteiger charge is 2.44. The predicted molar refractivity (Wildman–Crippen MR) is 153 cm³/mol. The maximum Gasteiger partial charge on any atom is 0.231 e. The number of ether oxygens (including phenoxy) is 5. The van der Waals surface area contributed by atoms with E-state index >= 15 is 0 Å². The first-order valence-corrected chi connectivity index (χ1v) is 13.3. The number of fused-ring (bicyclic) bond motifs is 1. The number of carbonyl (C=O) groups is 1. The molecule has 1 aliphatic carbocycles. The van der Waals surface area contributed by atoms with E-state index in [1.54, 1.807) is 74.8 Å². The van der Waals surface area contributed by atoms with Crippen LogP contribution in [-0.4, -0.2) is 44.8 Å². The van der Waals surface area contributed by atoms with Gasteiger partial charge in [0, 0.05) is 40.8 Å².